The maximum atomic E-state index is 11.8. The molecule has 216 valence electrons. The van der Waals surface area contributed by atoms with Gasteiger partial charge < -0.3 is 23.7 Å². The third kappa shape index (κ3) is 8.50. The molecule has 3 aliphatic heterocycles. The van der Waals surface area contributed by atoms with Gasteiger partial charge in [0.2, 0.25) is 0 Å². The fourth-order valence-electron chi connectivity index (χ4n) is 6.02. The van der Waals surface area contributed by atoms with Crippen LogP contribution in [0.15, 0.2) is 72.8 Å². The monoisotopic (exact) mass is 548 g/mol. The molecule has 0 unspecified atom stereocenters. The number of carbonyl (C=O) groups excluding carboxylic acids is 1. The number of ether oxygens (including phenoxy) is 5. The summed E-state index contributed by atoms with van der Waals surface area (Å²) < 4.78 is 31.6. The zero-order chi connectivity index (χ0) is 27.6. The van der Waals surface area contributed by atoms with Crippen molar-refractivity contribution in [1.82, 2.24) is 0 Å². The van der Waals surface area contributed by atoms with Crippen LogP contribution in [-0.4, -0.2) is 36.5 Å². The Hall–Kier alpha value is -2.51. The first-order chi connectivity index (χ1) is 19.7. The molecule has 6 heteroatoms. The number of rotatable bonds is 12. The van der Waals surface area contributed by atoms with Gasteiger partial charge in [-0.15, -0.1) is 0 Å². The summed E-state index contributed by atoms with van der Waals surface area (Å²) in [5, 5.41) is 0. The van der Waals surface area contributed by atoms with Crippen molar-refractivity contribution in [3.05, 3.63) is 83.9 Å². The molecule has 7 atom stereocenters. The van der Waals surface area contributed by atoms with E-state index < -0.39 is 6.29 Å². The first-order valence-electron chi connectivity index (χ1n) is 15.2. The second kappa shape index (κ2) is 14.9. The van der Waals surface area contributed by atoms with Crippen LogP contribution in [0.3, 0.4) is 0 Å². The maximum Gasteiger partial charge on any atom is 0.330 e. The van der Waals surface area contributed by atoms with Gasteiger partial charge in [0, 0.05) is 49.3 Å². The fraction of sp³-hybridized carbons (Fsp3) is 0.559. The SMILES string of the molecule is CCCCCCC[C@@H]1C[C@H](C[C@@H]2C[C@H](C[C@@H]3CC=CC(=O)O3)O[C@H](c3ccccc3)O2)O[C@H](c2ccccc2)O1. The van der Waals surface area contributed by atoms with E-state index in [0.29, 0.717) is 6.42 Å². The molecule has 2 aromatic rings. The van der Waals surface area contributed by atoms with E-state index in [4.69, 9.17) is 23.7 Å². The van der Waals surface area contributed by atoms with Gasteiger partial charge in [-0.25, -0.2) is 4.79 Å². The van der Waals surface area contributed by atoms with Crippen LogP contribution in [0.25, 0.3) is 0 Å². The molecular weight excluding hydrogens is 504 g/mol. The normalized spacial score (nSPS) is 30.6. The lowest BCUT2D eigenvalue weighted by Gasteiger charge is -2.41. The molecule has 0 spiro atoms. The van der Waals surface area contributed by atoms with Crippen molar-refractivity contribution in [3.63, 3.8) is 0 Å². The van der Waals surface area contributed by atoms with Gasteiger partial charge in [-0.05, 0) is 6.42 Å². The van der Waals surface area contributed by atoms with Crippen LogP contribution in [0, 0.1) is 0 Å². The number of hydrogen-bond acceptors (Lipinski definition) is 6. The van der Waals surface area contributed by atoms with E-state index in [2.05, 4.69) is 19.1 Å². The summed E-state index contributed by atoms with van der Waals surface area (Å²) in [6.07, 6.45) is 13.5. The number of unbranched alkanes of at least 4 members (excludes halogenated alkanes) is 4. The lowest BCUT2D eigenvalue weighted by atomic mass is 9.94. The number of esters is 1. The topological polar surface area (TPSA) is 63.2 Å². The van der Waals surface area contributed by atoms with Crippen molar-refractivity contribution < 1.29 is 28.5 Å². The van der Waals surface area contributed by atoms with Crippen LogP contribution in [0.5, 0.6) is 0 Å². The van der Waals surface area contributed by atoms with Gasteiger partial charge >= 0.3 is 5.97 Å². The lowest BCUT2D eigenvalue weighted by molar-refractivity contribution is -0.279. The van der Waals surface area contributed by atoms with Crippen molar-refractivity contribution >= 4 is 5.97 Å². The summed E-state index contributed by atoms with van der Waals surface area (Å²) in [7, 11) is 0. The van der Waals surface area contributed by atoms with Crippen LogP contribution in [0.4, 0.5) is 0 Å². The minimum Gasteiger partial charge on any atom is -0.459 e. The Morgan fingerprint density at radius 2 is 1.18 bits per heavy atom. The Morgan fingerprint density at radius 3 is 1.75 bits per heavy atom. The Balaban J connectivity index is 1.26. The van der Waals surface area contributed by atoms with E-state index in [0.717, 1.165) is 43.2 Å². The van der Waals surface area contributed by atoms with Crippen LogP contribution in [-0.2, 0) is 28.5 Å². The predicted octanol–water partition coefficient (Wildman–Crippen LogP) is 7.74. The lowest BCUT2D eigenvalue weighted by Crippen LogP contribution is -2.41. The average molecular weight is 549 g/mol. The molecule has 40 heavy (non-hydrogen) atoms. The first kappa shape index (κ1) is 29.0. The smallest absolute Gasteiger partial charge is 0.330 e. The van der Waals surface area contributed by atoms with E-state index in [1.165, 1.54) is 38.2 Å². The van der Waals surface area contributed by atoms with Gasteiger partial charge in [0.05, 0.1) is 24.4 Å². The molecule has 0 radical (unpaired) electrons. The highest BCUT2D eigenvalue weighted by molar-refractivity contribution is 5.82. The fourth-order valence-corrected chi connectivity index (χ4v) is 6.02. The molecule has 3 heterocycles. The summed E-state index contributed by atoms with van der Waals surface area (Å²) in [6.45, 7) is 2.25. The summed E-state index contributed by atoms with van der Waals surface area (Å²) in [5.74, 6) is -0.275. The second-order valence-electron chi connectivity index (χ2n) is 11.4. The molecule has 0 bridgehead atoms. The number of cyclic esters (lactones) is 1. The van der Waals surface area contributed by atoms with Crippen LogP contribution in [0.2, 0.25) is 0 Å². The molecule has 0 aliphatic carbocycles. The summed E-state index contributed by atoms with van der Waals surface area (Å²) in [4.78, 5) is 11.8. The average Bonchev–Trinajstić information content (AvgIpc) is 2.98. The van der Waals surface area contributed by atoms with Gasteiger partial charge in [0.25, 0.3) is 0 Å². The zero-order valence-electron chi connectivity index (χ0n) is 23.7. The molecule has 5 rings (SSSR count). The van der Waals surface area contributed by atoms with E-state index in [1.54, 1.807) is 0 Å². The van der Waals surface area contributed by atoms with E-state index in [9.17, 15) is 4.79 Å². The summed E-state index contributed by atoms with van der Waals surface area (Å²) in [5.41, 5.74) is 2.06. The molecule has 0 aromatic heterocycles. The van der Waals surface area contributed by atoms with Gasteiger partial charge in [-0.2, -0.15) is 0 Å². The number of carbonyl (C=O) groups is 1. The van der Waals surface area contributed by atoms with Crippen molar-refractivity contribution in [2.45, 2.75) is 121 Å². The van der Waals surface area contributed by atoms with Crippen molar-refractivity contribution in [2.24, 2.45) is 0 Å². The van der Waals surface area contributed by atoms with Crippen molar-refractivity contribution in [1.29, 1.82) is 0 Å². The van der Waals surface area contributed by atoms with Crippen LogP contribution < -0.4 is 0 Å². The Labute approximate surface area is 239 Å². The number of hydrogen-bond donors (Lipinski definition) is 0. The van der Waals surface area contributed by atoms with E-state index in [1.807, 2.05) is 54.6 Å². The summed E-state index contributed by atoms with van der Waals surface area (Å²) in [6, 6.07) is 20.3. The second-order valence-corrected chi connectivity index (χ2v) is 11.4. The van der Waals surface area contributed by atoms with Gasteiger partial charge in [0.15, 0.2) is 12.6 Å². The molecule has 6 nitrogen and oxygen atoms in total. The number of benzene rings is 2. The first-order valence-corrected chi connectivity index (χ1v) is 15.2. The third-order valence-corrected chi connectivity index (χ3v) is 8.08. The standard InChI is InChI=1S/C34H44O6/c1-2-3-4-5-12-18-28-22-30(38-33(37-28)25-14-8-6-9-15-25)24-31-23-29(21-27-19-13-20-32(35)36-27)39-34(40-31)26-16-10-7-11-17-26/h6-11,13-17,20,27-31,33-34H,2-5,12,18-19,21-24H2,1H3/t27-,28+,29-,30+,31-,33+,34-/m0/s1. The van der Waals surface area contributed by atoms with Crippen LogP contribution >= 0.6 is 0 Å². The van der Waals surface area contributed by atoms with Crippen molar-refractivity contribution in [2.75, 3.05) is 0 Å². The largest absolute Gasteiger partial charge is 0.459 e. The zero-order valence-corrected chi connectivity index (χ0v) is 23.7. The summed E-state index contributed by atoms with van der Waals surface area (Å²) >= 11 is 0. The van der Waals surface area contributed by atoms with E-state index in [-0.39, 0.29) is 42.8 Å². The van der Waals surface area contributed by atoms with Gasteiger partial charge in [-0.3, -0.25) is 0 Å². The molecule has 2 saturated heterocycles. The molecule has 3 aliphatic rings. The van der Waals surface area contributed by atoms with Gasteiger partial charge in [-0.1, -0.05) is 106 Å². The third-order valence-electron chi connectivity index (χ3n) is 8.08. The Morgan fingerprint density at radius 1 is 0.650 bits per heavy atom. The van der Waals surface area contributed by atoms with Crippen molar-refractivity contribution in [3.8, 4) is 0 Å². The molecule has 0 amide bonds. The molecular formula is C34H44O6. The molecule has 2 fully saturated rings. The molecule has 2 aromatic carbocycles. The minimum atomic E-state index is -0.459. The molecule has 0 N–H and O–H groups in total. The minimum absolute atomic E-state index is 0.0233. The maximum absolute atomic E-state index is 11.8. The van der Waals surface area contributed by atoms with Gasteiger partial charge in [0.1, 0.15) is 6.10 Å². The van der Waals surface area contributed by atoms with E-state index >= 15 is 0 Å². The highest BCUT2D eigenvalue weighted by Crippen LogP contribution is 2.38. The highest BCUT2D eigenvalue weighted by Gasteiger charge is 2.38. The molecule has 0 saturated carbocycles. The Bertz CT molecular complexity index is 1060. The Kier molecular flexibility index (Phi) is 10.8. The quantitative estimate of drug-likeness (QED) is 0.200. The predicted molar refractivity (Wildman–Crippen MR) is 153 cm³/mol. The van der Waals surface area contributed by atoms with Crippen LogP contribution in [0.1, 0.15) is 101 Å². The highest BCUT2D eigenvalue weighted by atomic mass is 16.7.